The molecule has 4 heteroatoms. The molecule has 0 aromatic rings. The molecule has 0 aromatic heterocycles. The van der Waals surface area contributed by atoms with Crippen molar-refractivity contribution >= 4 is 11.8 Å². The van der Waals surface area contributed by atoms with Crippen LogP contribution in [0.2, 0.25) is 0 Å². The van der Waals surface area contributed by atoms with Gasteiger partial charge in [0.25, 0.3) is 0 Å². The van der Waals surface area contributed by atoms with Gasteiger partial charge in [0, 0.05) is 0 Å². The van der Waals surface area contributed by atoms with Crippen LogP contribution < -0.4 is 5.32 Å². The fraction of sp³-hybridized carbons (Fsp3) is 0.818. The number of hydrogen-bond acceptors (Lipinski definition) is 4. The van der Waals surface area contributed by atoms with Gasteiger partial charge in [0.15, 0.2) is 0 Å². The molecule has 1 rings (SSSR count). The molecule has 1 aliphatic rings. The molecule has 86 valence electrons. The summed E-state index contributed by atoms with van der Waals surface area (Å²) in [5.41, 5.74) is -0.465. The Kier molecular flexibility index (Phi) is 3.50. The van der Waals surface area contributed by atoms with Gasteiger partial charge in [-0.25, -0.2) is 0 Å². The maximum absolute atomic E-state index is 11.6. The number of nitrogens with one attached hydrogen (secondary N) is 1. The zero-order valence-electron chi connectivity index (χ0n) is 9.79. The molecular formula is C11H19NO3. The Morgan fingerprint density at radius 1 is 1.20 bits per heavy atom. The van der Waals surface area contributed by atoms with Gasteiger partial charge >= 0.3 is 5.97 Å². The van der Waals surface area contributed by atoms with E-state index in [4.69, 9.17) is 4.74 Å². The number of hydrogen-bond donors (Lipinski definition) is 1. The van der Waals surface area contributed by atoms with E-state index in [1.165, 1.54) is 6.92 Å². The summed E-state index contributed by atoms with van der Waals surface area (Å²) in [6.07, 6.45) is 1.40. The molecule has 1 fully saturated rings. The minimum Gasteiger partial charge on any atom is -0.459 e. The summed E-state index contributed by atoms with van der Waals surface area (Å²) in [4.78, 5) is 22.7. The van der Waals surface area contributed by atoms with Crippen LogP contribution in [0.15, 0.2) is 0 Å². The van der Waals surface area contributed by atoms with Gasteiger partial charge in [0.05, 0.1) is 6.04 Å². The van der Waals surface area contributed by atoms with Crippen LogP contribution in [0.5, 0.6) is 0 Å². The van der Waals surface area contributed by atoms with Gasteiger partial charge in [0.2, 0.25) is 0 Å². The number of rotatable bonds is 2. The second kappa shape index (κ2) is 4.31. The fourth-order valence-corrected chi connectivity index (χ4v) is 1.62. The van der Waals surface area contributed by atoms with Crippen molar-refractivity contribution in [3.8, 4) is 0 Å². The lowest BCUT2D eigenvalue weighted by atomic mass is 10.1. The van der Waals surface area contributed by atoms with Crippen molar-refractivity contribution in [1.29, 1.82) is 0 Å². The number of carbonyl (C=O) groups excluding carboxylic acids is 2. The number of esters is 1. The van der Waals surface area contributed by atoms with E-state index >= 15 is 0 Å². The van der Waals surface area contributed by atoms with Gasteiger partial charge in [-0.3, -0.25) is 14.9 Å². The predicted molar refractivity (Wildman–Crippen MR) is 56.5 cm³/mol. The number of ether oxygens (including phenoxy) is 1. The highest BCUT2D eigenvalue weighted by molar-refractivity contribution is 5.84. The molecule has 0 amide bonds. The Bertz CT molecular complexity index is 267. The number of Topliss-reactive ketones (excluding diaryl/α,β-unsaturated/α-hetero) is 1. The van der Waals surface area contributed by atoms with Gasteiger partial charge in [-0.05, 0) is 40.5 Å². The predicted octanol–water partition coefficient (Wildman–Crippen LogP) is 1.04. The molecule has 0 aromatic carbocycles. The molecule has 15 heavy (non-hydrogen) atoms. The van der Waals surface area contributed by atoms with Crippen LogP contribution in [0.1, 0.15) is 40.5 Å². The Labute approximate surface area is 90.4 Å². The first-order valence-electron chi connectivity index (χ1n) is 5.29. The minimum absolute atomic E-state index is 0.0843. The number of ketones is 1. The van der Waals surface area contributed by atoms with E-state index in [1.807, 2.05) is 20.8 Å². The normalized spacial score (nSPS) is 26.4. The second-order valence-electron chi connectivity index (χ2n) is 4.99. The van der Waals surface area contributed by atoms with Gasteiger partial charge in [-0.2, -0.15) is 0 Å². The lowest BCUT2D eigenvalue weighted by molar-refractivity contribution is -0.157. The smallest absolute Gasteiger partial charge is 0.323 e. The summed E-state index contributed by atoms with van der Waals surface area (Å²) in [6.45, 7) is 7.04. The molecule has 0 bridgehead atoms. The van der Waals surface area contributed by atoms with Crippen molar-refractivity contribution in [2.45, 2.75) is 58.2 Å². The molecule has 0 saturated carbocycles. The maximum atomic E-state index is 11.6. The molecule has 2 atom stereocenters. The fourth-order valence-electron chi connectivity index (χ4n) is 1.62. The van der Waals surface area contributed by atoms with E-state index < -0.39 is 5.60 Å². The summed E-state index contributed by atoms with van der Waals surface area (Å²) in [5, 5.41) is 2.99. The van der Waals surface area contributed by atoms with E-state index in [2.05, 4.69) is 5.32 Å². The summed E-state index contributed by atoms with van der Waals surface area (Å²) in [5.74, 6) is -0.174. The van der Waals surface area contributed by atoms with E-state index in [9.17, 15) is 9.59 Å². The van der Waals surface area contributed by atoms with Crippen molar-refractivity contribution in [3.05, 3.63) is 0 Å². The third kappa shape index (κ3) is 3.63. The van der Waals surface area contributed by atoms with Crippen molar-refractivity contribution < 1.29 is 14.3 Å². The van der Waals surface area contributed by atoms with Crippen LogP contribution in [0, 0.1) is 0 Å². The summed E-state index contributed by atoms with van der Waals surface area (Å²) in [6, 6.07) is -0.499. The summed E-state index contributed by atoms with van der Waals surface area (Å²) in [7, 11) is 0. The SMILES string of the molecule is CC(=O)C1CCC(C(=O)OC(C)(C)C)N1. The lowest BCUT2D eigenvalue weighted by Gasteiger charge is -2.22. The lowest BCUT2D eigenvalue weighted by Crippen LogP contribution is -2.41. The summed E-state index contributed by atoms with van der Waals surface area (Å²) < 4.78 is 5.24. The molecule has 0 radical (unpaired) electrons. The molecule has 0 spiro atoms. The minimum atomic E-state index is -0.465. The number of carbonyl (C=O) groups is 2. The van der Waals surface area contributed by atoms with Crippen molar-refractivity contribution in [1.82, 2.24) is 5.32 Å². The van der Waals surface area contributed by atoms with E-state index in [1.54, 1.807) is 0 Å². The third-order valence-corrected chi connectivity index (χ3v) is 2.33. The molecular weight excluding hydrogens is 194 g/mol. The first kappa shape index (κ1) is 12.2. The largest absolute Gasteiger partial charge is 0.459 e. The third-order valence-electron chi connectivity index (χ3n) is 2.33. The Morgan fingerprint density at radius 2 is 1.73 bits per heavy atom. The van der Waals surface area contributed by atoms with Crippen LogP contribution in [0.4, 0.5) is 0 Å². The molecule has 1 saturated heterocycles. The molecule has 1 heterocycles. The van der Waals surface area contributed by atoms with Crippen LogP contribution in [-0.4, -0.2) is 29.4 Å². The standard InChI is InChI=1S/C11H19NO3/c1-7(13)8-5-6-9(12-8)10(14)15-11(2,3)4/h8-9,12H,5-6H2,1-4H3. The zero-order valence-corrected chi connectivity index (χ0v) is 9.79. The van der Waals surface area contributed by atoms with Gasteiger partial charge in [0.1, 0.15) is 17.4 Å². The topological polar surface area (TPSA) is 55.4 Å². The molecule has 1 N–H and O–H groups in total. The molecule has 0 aliphatic carbocycles. The van der Waals surface area contributed by atoms with E-state index in [0.29, 0.717) is 6.42 Å². The first-order chi connectivity index (χ1) is 6.79. The highest BCUT2D eigenvalue weighted by atomic mass is 16.6. The second-order valence-corrected chi connectivity index (χ2v) is 4.99. The zero-order chi connectivity index (χ0) is 11.6. The van der Waals surface area contributed by atoms with Gasteiger partial charge in [-0.15, -0.1) is 0 Å². The Balaban J connectivity index is 2.47. The van der Waals surface area contributed by atoms with Crippen molar-refractivity contribution in [3.63, 3.8) is 0 Å². The Hall–Kier alpha value is -0.900. The quantitative estimate of drug-likeness (QED) is 0.696. The van der Waals surface area contributed by atoms with Crippen LogP contribution >= 0.6 is 0 Å². The van der Waals surface area contributed by atoms with Crippen LogP contribution in [0.3, 0.4) is 0 Å². The van der Waals surface area contributed by atoms with Crippen molar-refractivity contribution in [2.75, 3.05) is 0 Å². The molecule has 2 unspecified atom stereocenters. The first-order valence-corrected chi connectivity index (χ1v) is 5.29. The summed E-state index contributed by atoms with van der Waals surface area (Å²) >= 11 is 0. The van der Waals surface area contributed by atoms with Crippen LogP contribution in [-0.2, 0) is 14.3 Å². The average molecular weight is 213 g/mol. The van der Waals surface area contributed by atoms with Crippen molar-refractivity contribution in [2.24, 2.45) is 0 Å². The molecule has 4 nitrogen and oxygen atoms in total. The highest BCUT2D eigenvalue weighted by Gasteiger charge is 2.33. The molecule has 1 aliphatic heterocycles. The van der Waals surface area contributed by atoms with E-state index in [-0.39, 0.29) is 23.8 Å². The van der Waals surface area contributed by atoms with Crippen LogP contribution in [0.25, 0.3) is 0 Å². The maximum Gasteiger partial charge on any atom is 0.323 e. The van der Waals surface area contributed by atoms with E-state index in [0.717, 1.165) is 6.42 Å². The average Bonchev–Trinajstić information content (AvgIpc) is 2.47. The monoisotopic (exact) mass is 213 g/mol. The Morgan fingerprint density at radius 3 is 2.13 bits per heavy atom. The van der Waals surface area contributed by atoms with Gasteiger partial charge < -0.3 is 4.74 Å². The highest BCUT2D eigenvalue weighted by Crippen LogP contribution is 2.17. The van der Waals surface area contributed by atoms with Gasteiger partial charge in [-0.1, -0.05) is 0 Å².